The molecule has 4 aromatic rings. The van der Waals surface area contributed by atoms with E-state index < -0.39 is 0 Å². The predicted octanol–water partition coefficient (Wildman–Crippen LogP) is 4.13. The molecule has 1 amide bonds. The van der Waals surface area contributed by atoms with Gasteiger partial charge in [0, 0.05) is 18.0 Å². The van der Waals surface area contributed by atoms with Gasteiger partial charge in [0.15, 0.2) is 5.69 Å². The molecule has 6 nitrogen and oxygen atoms in total. The Morgan fingerprint density at radius 2 is 1.76 bits per heavy atom. The van der Waals surface area contributed by atoms with Crippen molar-refractivity contribution >= 4 is 5.91 Å². The number of aromatic nitrogens is 4. The third kappa shape index (κ3) is 3.91. The second-order valence-electron chi connectivity index (χ2n) is 6.88. The lowest BCUT2D eigenvalue weighted by molar-refractivity contribution is 0.0935. The van der Waals surface area contributed by atoms with Crippen molar-refractivity contribution in [3.8, 4) is 16.9 Å². The highest BCUT2D eigenvalue weighted by Crippen LogP contribution is 2.25. The van der Waals surface area contributed by atoms with Gasteiger partial charge in [0.05, 0.1) is 11.7 Å². The van der Waals surface area contributed by atoms with E-state index in [1.807, 2.05) is 80.6 Å². The third-order valence-corrected chi connectivity index (χ3v) is 4.75. The second kappa shape index (κ2) is 8.06. The highest BCUT2D eigenvalue weighted by atomic mass is 16.2. The van der Waals surface area contributed by atoms with E-state index in [-0.39, 0.29) is 17.6 Å². The van der Waals surface area contributed by atoms with E-state index in [0.717, 1.165) is 22.4 Å². The molecule has 2 heterocycles. The van der Waals surface area contributed by atoms with Crippen molar-refractivity contribution < 1.29 is 4.79 Å². The number of carbonyl (C=O) groups is 1. The van der Waals surface area contributed by atoms with Gasteiger partial charge in [-0.25, -0.2) is 4.68 Å². The number of hydrogen-bond donors (Lipinski definition) is 1. The molecule has 0 aliphatic rings. The van der Waals surface area contributed by atoms with Gasteiger partial charge in [0.2, 0.25) is 0 Å². The molecule has 0 spiro atoms. The summed E-state index contributed by atoms with van der Waals surface area (Å²) >= 11 is 0. The van der Waals surface area contributed by atoms with Crippen molar-refractivity contribution in [2.45, 2.75) is 19.9 Å². The molecular formula is C23H21N5O. The monoisotopic (exact) mass is 383 g/mol. The summed E-state index contributed by atoms with van der Waals surface area (Å²) < 4.78 is 1.68. The molecule has 0 aliphatic carbocycles. The van der Waals surface area contributed by atoms with Crippen LogP contribution in [0.4, 0.5) is 0 Å². The SMILES string of the molecule is Cc1ccc(-n2nnc(C(=O)N[C@H](C)c3ccccc3)c2-c2cccnc2)cc1. The molecule has 144 valence electrons. The first-order chi connectivity index (χ1) is 14.1. The van der Waals surface area contributed by atoms with Crippen LogP contribution in [0.3, 0.4) is 0 Å². The van der Waals surface area contributed by atoms with E-state index in [0.29, 0.717) is 5.69 Å². The predicted molar refractivity (Wildman–Crippen MR) is 112 cm³/mol. The molecule has 0 saturated carbocycles. The van der Waals surface area contributed by atoms with E-state index in [1.165, 1.54) is 0 Å². The fourth-order valence-electron chi connectivity index (χ4n) is 3.15. The number of hydrogen-bond acceptors (Lipinski definition) is 4. The molecule has 1 N–H and O–H groups in total. The summed E-state index contributed by atoms with van der Waals surface area (Å²) in [6, 6.07) is 21.3. The summed E-state index contributed by atoms with van der Waals surface area (Å²) in [7, 11) is 0. The quantitative estimate of drug-likeness (QED) is 0.562. The normalized spacial score (nSPS) is 11.8. The average Bonchev–Trinajstić information content (AvgIpc) is 3.21. The standard InChI is InChI=1S/C23H21N5O/c1-16-10-12-20(13-11-16)28-22(19-9-6-14-24-15-19)21(26-27-28)23(29)25-17(2)18-7-4-3-5-8-18/h3-15,17H,1-2H3,(H,25,29)/t17-/m1/s1. The van der Waals surface area contributed by atoms with E-state index in [9.17, 15) is 4.79 Å². The van der Waals surface area contributed by atoms with Crippen LogP contribution in [-0.4, -0.2) is 25.9 Å². The van der Waals surface area contributed by atoms with Crippen LogP contribution in [0.1, 0.15) is 34.6 Å². The Balaban J connectivity index is 1.73. The van der Waals surface area contributed by atoms with Gasteiger partial charge in [-0.05, 0) is 43.7 Å². The Labute approximate surface area is 169 Å². The summed E-state index contributed by atoms with van der Waals surface area (Å²) in [4.78, 5) is 17.3. The molecule has 0 saturated heterocycles. The largest absolute Gasteiger partial charge is 0.344 e. The van der Waals surface area contributed by atoms with Crippen molar-refractivity contribution in [2.24, 2.45) is 0 Å². The molecular weight excluding hydrogens is 362 g/mol. The highest BCUT2D eigenvalue weighted by molar-refractivity contribution is 5.98. The maximum Gasteiger partial charge on any atom is 0.274 e. The second-order valence-corrected chi connectivity index (χ2v) is 6.88. The van der Waals surface area contributed by atoms with Crippen LogP contribution in [0.15, 0.2) is 79.1 Å². The molecule has 4 rings (SSSR count). The molecule has 2 aromatic carbocycles. The molecule has 6 heteroatoms. The van der Waals surface area contributed by atoms with Crippen molar-refractivity contribution in [1.29, 1.82) is 0 Å². The van der Waals surface area contributed by atoms with Gasteiger partial charge < -0.3 is 5.32 Å². The summed E-state index contributed by atoms with van der Waals surface area (Å²) in [6.45, 7) is 3.97. The Kier molecular flexibility index (Phi) is 5.16. The van der Waals surface area contributed by atoms with Gasteiger partial charge in [-0.3, -0.25) is 9.78 Å². The third-order valence-electron chi connectivity index (χ3n) is 4.75. The summed E-state index contributed by atoms with van der Waals surface area (Å²) in [5.41, 5.74) is 4.65. The Morgan fingerprint density at radius 1 is 1.00 bits per heavy atom. The number of amides is 1. The fraction of sp³-hybridized carbons (Fsp3) is 0.130. The number of rotatable bonds is 5. The molecule has 0 aliphatic heterocycles. The van der Waals surface area contributed by atoms with Crippen molar-refractivity contribution in [3.05, 3.63) is 95.9 Å². The van der Waals surface area contributed by atoms with Gasteiger partial charge >= 0.3 is 0 Å². The lowest BCUT2D eigenvalue weighted by Gasteiger charge is -2.14. The number of carbonyl (C=O) groups excluding carboxylic acids is 1. The number of benzene rings is 2. The van der Waals surface area contributed by atoms with Gasteiger partial charge in [0.1, 0.15) is 5.69 Å². The number of aryl methyl sites for hydroxylation is 1. The summed E-state index contributed by atoms with van der Waals surface area (Å²) in [5.74, 6) is -0.279. The smallest absolute Gasteiger partial charge is 0.274 e. The Bertz CT molecular complexity index is 1110. The van der Waals surface area contributed by atoms with Crippen LogP contribution < -0.4 is 5.32 Å². The van der Waals surface area contributed by atoms with E-state index in [4.69, 9.17) is 0 Å². The Hall–Kier alpha value is -3.80. The topological polar surface area (TPSA) is 72.7 Å². The molecule has 29 heavy (non-hydrogen) atoms. The van der Waals surface area contributed by atoms with Crippen LogP contribution in [-0.2, 0) is 0 Å². The molecule has 1 atom stereocenters. The van der Waals surface area contributed by atoms with E-state index >= 15 is 0 Å². The lowest BCUT2D eigenvalue weighted by atomic mass is 10.1. The maximum absolute atomic E-state index is 13.1. The lowest BCUT2D eigenvalue weighted by Crippen LogP contribution is -2.27. The first-order valence-electron chi connectivity index (χ1n) is 9.42. The van der Waals surface area contributed by atoms with Crippen LogP contribution in [0.2, 0.25) is 0 Å². The zero-order chi connectivity index (χ0) is 20.2. The van der Waals surface area contributed by atoms with Crippen molar-refractivity contribution in [2.75, 3.05) is 0 Å². The fourth-order valence-corrected chi connectivity index (χ4v) is 3.15. The maximum atomic E-state index is 13.1. The molecule has 0 unspecified atom stereocenters. The molecule has 2 aromatic heterocycles. The van der Waals surface area contributed by atoms with Gasteiger partial charge in [-0.15, -0.1) is 5.10 Å². The zero-order valence-corrected chi connectivity index (χ0v) is 16.3. The first kappa shape index (κ1) is 18.6. The van der Waals surface area contributed by atoms with Crippen LogP contribution in [0.25, 0.3) is 16.9 Å². The van der Waals surface area contributed by atoms with Crippen LogP contribution in [0, 0.1) is 6.92 Å². The number of nitrogens with zero attached hydrogens (tertiary/aromatic N) is 4. The molecule has 0 bridgehead atoms. The summed E-state index contributed by atoms with van der Waals surface area (Å²) in [5, 5.41) is 11.5. The first-order valence-corrected chi connectivity index (χ1v) is 9.42. The zero-order valence-electron chi connectivity index (χ0n) is 16.3. The van der Waals surface area contributed by atoms with Gasteiger partial charge in [-0.2, -0.15) is 0 Å². The highest BCUT2D eigenvalue weighted by Gasteiger charge is 2.23. The Morgan fingerprint density at radius 3 is 2.45 bits per heavy atom. The summed E-state index contributed by atoms with van der Waals surface area (Å²) in [6.07, 6.45) is 3.40. The van der Waals surface area contributed by atoms with Crippen LogP contribution >= 0.6 is 0 Å². The van der Waals surface area contributed by atoms with Gasteiger partial charge in [-0.1, -0.05) is 53.2 Å². The van der Waals surface area contributed by atoms with Crippen molar-refractivity contribution in [1.82, 2.24) is 25.3 Å². The van der Waals surface area contributed by atoms with Gasteiger partial charge in [0.25, 0.3) is 5.91 Å². The van der Waals surface area contributed by atoms with Crippen LogP contribution in [0.5, 0.6) is 0 Å². The van der Waals surface area contributed by atoms with E-state index in [2.05, 4.69) is 20.6 Å². The minimum Gasteiger partial charge on any atom is -0.344 e. The van der Waals surface area contributed by atoms with E-state index in [1.54, 1.807) is 17.1 Å². The average molecular weight is 383 g/mol. The molecule has 0 radical (unpaired) electrons. The minimum atomic E-state index is -0.279. The minimum absolute atomic E-state index is 0.157. The van der Waals surface area contributed by atoms with Crippen molar-refractivity contribution in [3.63, 3.8) is 0 Å². The number of pyridine rings is 1. The number of nitrogens with one attached hydrogen (secondary N) is 1. The molecule has 0 fully saturated rings.